The van der Waals surface area contributed by atoms with E-state index in [4.69, 9.17) is 4.52 Å². The van der Waals surface area contributed by atoms with E-state index in [1.807, 2.05) is 13.8 Å². The molecule has 0 unspecified atom stereocenters. The highest BCUT2D eigenvalue weighted by Crippen LogP contribution is 2.24. The second-order valence-corrected chi connectivity index (χ2v) is 6.14. The van der Waals surface area contributed by atoms with Gasteiger partial charge in [0.15, 0.2) is 0 Å². The summed E-state index contributed by atoms with van der Waals surface area (Å²) in [4.78, 5) is 14.4. The summed E-state index contributed by atoms with van der Waals surface area (Å²) in [5, 5.41) is 7.12. The largest absolute Gasteiger partial charge is 0.361 e. The third kappa shape index (κ3) is 3.03. The van der Waals surface area contributed by atoms with E-state index in [0.29, 0.717) is 6.04 Å². The molecule has 1 N–H and O–H groups in total. The topological polar surface area (TPSA) is 58.4 Å². The molecule has 0 bridgehead atoms. The normalized spacial score (nSPS) is 21.1. The van der Waals surface area contributed by atoms with Gasteiger partial charge in [-0.3, -0.25) is 9.69 Å². The first-order valence-corrected chi connectivity index (χ1v) is 7.58. The van der Waals surface area contributed by atoms with E-state index in [0.717, 1.165) is 56.8 Å². The molecule has 1 amide bonds. The zero-order valence-corrected chi connectivity index (χ0v) is 12.3. The Bertz CT molecular complexity index is 466. The van der Waals surface area contributed by atoms with Crippen molar-refractivity contribution in [3.05, 3.63) is 17.0 Å². The number of nitrogens with one attached hydrogen (secondary N) is 1. The molecule has 0 aromatic carbocycles. The van der Waals surface area contributed by atoms with Crippen LogP contribution in [0, 0.1) is 19.8 Å². The Morgan fingerprint density at radius 3 is 2.55 bits per heavy atom. The van der Waals surface area contributed by atoms with Crippen LogP contribution in [0.1, 0.15) is 42.7 Å². The van der Waals surface area contributed by atoms with Crippen molar-refractivity contribution in [2.24, 2.45) is 5.92 Å². The van der Waals surface area contributed by atoms with Gasteiger partial charge in [-0.1, -0.05) is 5.16 Å². The quantitative estimate of drug-likeness (QED) is 0.911. The molecule has 1 saturated carbocycles. The molecule has 1 aliphatic carbocycles. The van der Waals surface area contributed by atoms with Gasteiger partial charge in [-0.25, -0.2) is 0 Å². The van der Waals surface area contributed by atoms with Crippen LogP contribution in [0.4, 0.5) is 0 Å². The fraction of sp³-hybridized carbons (Fsp3) is 0.733. The van der Waals surface area contributed by atoms with Crippen molar-refractivity contribution >= 4 is 5.91 Å². The first-order valence-electron chi connectivity index (χ1n) is 7.58. The Hall–Kier alpha value is -1.36. The van der Waals surface area contributed by atoms with Crippen LogP contribution in [0.25, 0.3) is 0 Å². The van der Waals surface area contributed by atoms with Crippen molar-refractivity contribution < 1.29 is 9.32 Å². The molecule has 1 aliphatic heterocycles. The van der Waals surface area contributed by atoms with Gasteiger partial charge in [-0.2, -0.15) is 0 Å². The molecule has 2 aliphatic rings. The molecule has 110 valence electrons. The maximum absolute atomic E-state index is 12.0. The number of amides is 1. The highest BCUT2D eigenvalue weighted by atomic mass is 16.5. The van der Waals surface area contributed by atoms with Gasteiger partial charge in [-0.15, -0.1) is 0 Å². The summed E-state index contributed by atoms with van der Waals surface area (Å²) in [6.45, 7) is 6.80. The van der Waals surface area contributed by atoms with Gasteiger partial charge in [0, 0.05) is 24.1 Å². The van der Waals surface area contributed by atoms with E-state index in [-0.39, 0.29) is 11.8 Å². The summed E-state index contributed by atoms with van der Waals surface area (Å²) in [7, 11) is 0. The smallest absolute Gasteiger partial charge is 0.223 e. The first kappa shape index (κ1) is 13.6. The zero-order valence-electron chi connectivity index (χ0n) is 12.3. The molecular weight excluding hydrogens is 254 g/mol. The minimum absolute atomic E-state index is 0.205. The van der Waals surface area contributed by atoms with Crippen molar-refractivity contribution in [3.8, 4) is 0 Å². The Kier molecular flexibility index (Phi) is 3.78. The van der Waals surface area contributed by atoms with E-state index < -0.39 is 0 Å². The molecule has 0 atom stereocenters. The highest BCUT2D eigenvalue weighted by molar-refractivity contribution is 5.79. The second-order valence-electron chi connectivity index (χ2n) is 6.14. The van der Waals surface area contributed by atoms with Crippen LogP contribution in [-0.4, -0.2) is 35.1 Å². The van der Waals surface area contributed by atoms with Crippen LogP contribution in [0.2, 0.25) is 0 Å². The molecule has 20 heavy (non-hydrogen) atoms. The molecule has 5 nitrogen and oxygen atoms in total. The standard InChI is InChI=1S/C15H23N3O2/c1-10-14(11(2)20-17-10)9-18-7-5-12(6-8-18)15(19)16-13-3-4-13/h12-13H,3-9H2,1-2H3,(H,16,19). The minimum atomic E-state index is 0.205. The van der Waals surface area contributed by atoms with E-state index in [1.54, 1.807) is 0 Å². The lowest BCUT2D eigenvalue weighted by molar-refractivity contribution is -0.126. The lowest BCUT2D eigenvalue weighted by Crippen LogP contribution is -2.40. The Balaban J connectivity index is 1.49. The number of carbonyl (C=O) groups is 1. The lowest BCUT2D eigenvalue weighted by atomic mass is 9.95. The summed E-state index contributed by atoms with van der Waals surface area (Å²) in [5.41, 5.74) is 2.18. The summed E-state index contributed by atoms with van der Waals surface area (Å²) >= 11 is 0. The fourth-order valence-corrected chi connectivity index (χ4v) is 2.85. The number of piperidine rings is 1. The van der Waals surface area contributed by atoms with E-state index >= 15 is 0 Å². The highest BCUT2D eigenvalue weighted by Gasteiger charge is 2.30. The molecule has 1 aromatic heterocycles. The van der Waals surface area contributed by atoms with E-state index in [2.05, 4.69) is 15.4 Å². The summed E-state index contributed by atoms with van der Waals surface area (Å²) < 4.78 is 5.21. The van der Waals surface area contributed by atoms with E-state index in [9.17, 15) is 4.79 Å². The average molecular weight is 277 g/mol. The van der Waals surface area contributed by atoms with Gasteiger partial charge in [0.05, 0.1) is 5.69 Å². The fourth-order valence-electron chi connectivity index (χ4n) is 2.85. The molecule has 1 saturated heterocycles. The average Bonchev–Trinajstić information content (AvgIpc) is 3.21. The molecule has 0 radical (unpaired) electrons. The van der Waals surface area contributed by atoms with Crippen LogP contribution in [0.3, 0.4) is 0 Å². The van der Waals surface area contributed by atoms with Crippen molar-refractivity contribution in [1.82, 2.24) is 15.4 Å². The maximum atomic E-state index is 12.0. The van der Waals surface area contributed by atoms with Gasteiger partial charge < -0.3 is 9.84 Å². The van der Waals surface area contributed by atoms with Crippen LogP contribution in [0.15, 0.2) is 4.52 Å². The Labute approximate surface area is 119 Å². The molecule has 2 fully saturated rings. The number of hydrogen-bond donors (Lipinski definition) is 1. The number of rotatable bonds is 4. The SMILES string of the molecule is Cc1noc(C)c1CN1CCC(C(=O)NC2CC2)CC1. The molecule has 2 heterocycles. The zero-order chi connectivity index (χ0) is 14.1. The molecular formula is C15H23N3O2. The molecule has 0 spiro atoms. The van der Waals surface area contributed by atoms with Crippen LogP contribution in [0.5, 0.6) is 0 Å². The van der Waals surface area contributed by atoms with Crippen LogP contribution >= 0.6 is 0 Å². The number of carbonyl (C=O) groups excluding carboxylic acids is 1. The lowest BCUT2D eigenvalue weighted by Gasteiger charge is -2.31. The first-order chi connectivity index (χ1) is 9.63. The molecule has 5 heteroatoms. The van der Waals surface area contributed by atoms with Gasteiger partial charge >= 0.3 is 0 Å². The third-order valence-electron chi connectivity index (χ3n) is 4.45. The van der Waals surface area contributed by atoms with Crippen molar-refractivity contribution in [3.63, 3.8) is 0 Å². The van der Waals surface area contributed by atoms with Gasteiger partial charge in [0.1, 0.15) is 5.76 Å². The van der Waals surface area contributed by atoms with E-state index in [1.165, 1.54) is 5.56 Å². The number of nitrogens with zero attached hydrogens (tertiary/aromatic N) is 2. The van der Waals surface area contributed by atoms with Crippen LogP contribution in [-0.2, 0) is 11.3 Å². The summed E-state index contributed by atoms with van der Waals surface area (Å²) in [6, 6.07) is 0.475. The van der Waals surface area contributed by atoms with Crippen molar-refractivity contribution in [2.45, 2.75) is 52.1 Å². The molecule has 1 aromatic rings. The number of aryl methyl sites for hydroxylation is 2. The Morgan fingerprint density at radius 2 is 2.00 bits per heavy atom. The van der Waals surface area contributed by atoms with Gasteiger partial charge in [0.25, 0.3) is 0 Å². The second kappa shape index (κ2) is 5.56. The summed E-state index contributed by atoms with van der Waals surface area (Å²) in [5.74, 6) is 1.39. The Morgan fingerprint density at radius 1 is 1.30 bits per heavy atom. The third-order valence-corrected chi connectivity index (χ3v) is 4.45. The minimum Gasteiger partial charge on any atom is -0.361 e. The van der Waals surface area contributed by atoms with Crippen molar-refractivity contribution in [1.29, 1.82) is 0 Å². The number of aromatic nitrogens is 1. The number of likely N-dealkylation sites (tertiary alicyclic amines) is 1. The predicted octanol–water partition coefficient (Wildman–Crippen LogP) is 1.78. The monoisotopic (exact) mass is 277 g/mol. The van der Waals surface area contributed by atoms with Gasteiger partial charge in [-0.05, 0) is 52.6 Å². The van der Waals surface area contributed by atoms with Crippen molar-refractivity contribution in [2.75, 3.05) is 13.1 Å². The summed E-state index contributed by atoms with van der Waals surface area (Å²) in [6.07, 6.45) is 4.25. The van der Waals surface area contributed by atoms with Gasteiger partial charge in [0.2, 0.25) is 5.91 Å². The number of hydrogen-bond acceptors (Lipinski definition) is 4. The predicted molar refractivity (Wildman–Crippen MR) is 75.1 cm³/mol. The molecule has 3 rings (SSSR count). The van der Waals surface area contributed by atoms with Crippen LogP contribution < -0.4 is 5.32 Å². The maximum Gasteiger partial charge on any atom is 0.223 e.